The van der Waals surface area contributed by atoms with E-state index < -0.39 is 0 Å². The molecule has 0 saturated carbocycles. The highest BCUT2D eigenvalue weighted by Gasteiger charge is 2.23. The zero-order chi connectivity index (χ0) is 13.9. The molecule has 1 aromatic carbocycles. The van der Waals surface area contributed by atoms with Crippen LogP contribution in [0, 0.1) is 0 Å². The minimum atomic E-state index is -0.0902. The molecule has 0 fully saturated rings. The van der Waals surface area contributed by atoms with Crippen LogP contribution in [-0.4, -0.2) is 6.03 Å². The Balaban J connectivity index is 1.60. The Labute approximate surface area is 123 Å². The van der Waals surface area contributed by atoms with E-state index >= 15 is 0 Å². The van der Waals surface area contributed by atoms with Crippen LogP contribution in [0.5, 0.6) is 0 Å². The summed E-state index contributed by atoms with van der Waals surface area (Å²) >= 11 is 1.66. The summed E-state index contributed by atoms with van der Waals surface area (Å²) in [6.07, 6.45) is 2.03. The Morgan fingerprint density at radius 2 is 2.15 bits per heavy atom. The smallest absolute Gasteiger partial charge is 0.315 e. The first-order valence-corrected chi connectivity index (χ1v) is 7.80. The van der Waals surface area contributed by atoms with Crippen LogP contribution in [0.2, 0.25) is 0 Å². The fraction of sp³-hybridized carbons (Fsp3) is 0.312. The number of aryl methyl sites for hydroxylation is 1. The average molecular weight is 286 g/mol. The Bertz CT molecular complexity index is 594. The predicted octanol–water partition coefficient (Wildman–Crippen LogP) is 3.80. The van der Waals surface area contributed by atoms with Crippen molar-refractivity contribution in [2.45, 2.75) is 31.8 Å². The van der Waals surface area contributed by atoms with Gasteiger partial charge in [0.15, 0.2) is 0 Å². The van der Waals surface area contributed by atoms with Crippen LogP contribution in [0.1, 0.15) is 41.4 Å². The minimum absolute atomic E-state index is 0.0478. The summed E-state index contributed by atoms with van der Waals surface area (Å²) < 4.78 is 0. The first kappa shape index (κ1) is 13.2. The lowest BCUT2D eigenvalue weighted by atomic mass is 10.1. The van der Waals surface area contributed by atoms with Crippen molar-refractivity contribution in [1.82, 2.24) is 10.6 Å². The third kappa shape index (κ3) is 2.70. The number of thiophene rings is 1. The maximum Gasteiger partial charge on any atom is 0.315 e. The summed E-state index contributed by atoms with van der Waals surface area (Å²) in [5.41, 5.74) is 2.61. The molecule has 0 spiro atoms. The lowest BCUT2D eigenvalue weighted by Gasteiger charge is -2.17. The maximum atomic E-state index is 12.1. The Morgan fingerprint density at radius 3 is 2.95 bits per heavy atom. The van der Waals surface area contributed by atoms with Crippen molar-refractivity contribution >= 4 is 17.4 Å². The van der Waals surface area contributed by atoms with Crippen LogP contribution < -0.4 is 10.6 Å². The van der Waals surface area contributed by atoms with Gasteiger partial charge in [-0.25, -0.2) is 4.79 Å². The summed E-state index contributed by atoms with van der Waals surface area (Å²) in [4.78, 5) is 13.3. The van der Waals surface area contributed by atoms with Crippen LogP contribution in [0.4, 0.5) is 4.79 Å². The van der Waals surface area contributed by atoms with E-state index in [2.05, 4.69) is 28.8 Å². The van der Waals surface area contributed by atoms with Crippen molar-refractivity contribution in [3.05, 3.63) is 57.8 Å². The van der Waals surface area contributed by atoms with Crippen molar-refractivity contribution in [1.29, 1.82) is 0 Å². The number of nitrogens with one attached hydrogen (secondary N) is 2. The zero-order valence-corrected chi connectivity index (χ0v) is 12.2. The first-order valence-electron chi connectivity index (χ1n) is 6.92. The summed E-state index contributed by atoms with van der Waals surface area (Å²) in [6.45, 7) is 2.01. The molecule has 1 aliphatic carbocycles. The summed E-state index contributed by atoms with van der Waals surface area (Å²) in [5, 5.41) is 8.11. The molecule has 2 atom stereocenters. The Hall–Kier alpha value is -1.81. The molecule has 0 aliphatic heterocycles. The number of carbonyl (C=O) groups is 1. The third-order valence-electron chi connectivity index (χ3n) is 3.76. The molecule has 0 radical (unpaired) electrons. The van der Waals surface area contributed by atoms with E-state index in [1.165, 1.54) is 16.0 Å². The van der Waals surface area contributed by atoms with Gasteiger partial charge in [-0.3, -0.25) is 0 Å². The van der Waals surface area contributed by atoms with Gasteiger partial charge in [0.25, 0.3) is 0 Å². The standard InChI is InChI=1S/C16H18N2OS/c1-11(15-7-4-10-20-15)17-16(19)18-14-9-8-12-5-2-3-6-13(12)14/h2-7,10-11,14H,8-9H2,1H3,(H2,17,18,19)/t11-,14-/m0/s1. The van der Waals surface area contributed by atoms with Crippen LogP contribution >= 0.6 is 11.3 Å². The summed E-state index contributed by atoms with van der Waals surface area (Å²) in [6, 6.07) is 12.5. The van der Waals surface area contributed by atoms with Crippen LogP contribution in [-0.2, 0) is 6.42 Å². The van der Waals surface area contributed by atoms with Crippen molar-refractivity contribution in [3.8, 4) is 0 Å². The summed E-state index contributed by atoms with van der Waals surface area (Å²) in [5.74, 6) is 0. The van der Waals surface area contributed by atoms with E-state index in [1.807, 2.05) is 30.5 Å². The highest BCUT2D eigenvalue weighted by Crippen LogP contribution is 2.30. The molecule has 0 unspecified atom stereocenters. The molecular weight excluding hydrogens is 268 g/mol. The number of fused-ring (bicyclic) bond motifs is 1. The molecule has 0 saturated heterocycles. The number of hydrogen-bond acceptors (Lipinski definition) is 2. The average Bonchev–Trinajstić information content (AvgIpc) is 3.09. The maximum absolute atomic E-state index is 12.1. The van der Waals surface area contributed by atoms with Crippen molar-refractivity contribution in [2.24, 2.45) is 0 Å². The molecule has 2 N–H and O–H groups in total. The van der Waals surface area contributed by atoms with E-state index in [4.69, 9.17) is 0 Å². The number of hydrogen-bond donors (Lipinski definition) is 2. The highest BCUT2D eigenvalue weighted by molar-refractivity contribution is 7.10. The van der Waals surface area contributed by atoms with Crippen molar-refractivity contribution in [2.75, 3.05) is 0 Å². The normalized spacial score (nSPS) is 18.4. The highest BCUT2D eigenvalue weighted by atomic mass is 32.1. The topological polar surface area (TPSA) is 41.1 Å². The molecule has 1 heterocycles. The third-order valence-corrected chi connectivity index (χ3v) is 4.81. The van der Waals surface area contributed by atoms with Crippen LogP contribution in [0.15, 0.2) is 41.8 Å². The zero-order valence-electron chi connectivity index (χ0n) is 11.4. The lowest BCUT2D eigenvalue weighted by molar-refractivity contribution is 0.234. The fourth-order valence-corrected chi connectivity index (χ4v) is 3.45. The van der Waals surface area contributed by atoms with Gasteiger partial charge in [0.1, 0.15) is 0 Å². The van der Waals surface area contributed by atoms with Gasteiger partial charge in [-0.15, -0.1) is 11.3 Å². The molecule has 3 rings (SSSR count). The minimum Gasteiger partial charge on any atom is -0.331 e. The molecule has 2 amide bonds. The number of benzene rings is 1. The molecule has 4 heteroatoms. The van der Waals surface area contributed by atoms with E-state index in [-0.39, 0.29) is 18.1 Å². The van der Waals surface area contributed by atoms with Gasteiger partial charge in [-0.05, 0) is 42.3 Å². The van der Waals surface area contributed by atoms with Crippen LogP contribution in [0.25, 0.3) is 0 Å². The van der Waals surface area contributed by atoms with Gasteiger partial charge in [0.2, 0.25) is 0 Å². The number of rotatable bonds is 3. The molecule has 20 heavy (non-hydrogen) atoms. The van der Waals surface area contributed by atoms with Crippen molar-refractivity contribution < 1.29 is 4.79 Å². The molecule has 104 valence electrons. The second-order valence-electron chi connectivity index (χ2n) is 5.14. The second-order valence-corrected chi connectivity index (χ2v) is 6.12. The lowest BCUT2D eigenvalue weighted by Crippen LogP contribution is -2.38. The van der Waals surface area contributed by atoms with Gasteiger partial charge >= 0.3 is 6.03 Å². The number of carbonyl (C=O) groups excluding carboxylic acids is 1. The van der Waals surface area contributed by atoms with E-state index in [9.17, 15) is 4.79 Å². The largest absolute Gasteiger partial charge is 0.331 e. The van der Waals surface area contributed by atoms with E-state index in [0.29, 0.717) is 0 Å². The van der Waals surface area contributed by atoms with Gasteiger partial charge < -0.3 is 10.6 Å². The Morgan fingerprint density at radius 1 is 1.30 bits per heavy atom. The first-order chi connectivity index (χ1) is 9.74. The van der Waals surface area contributed by atoms with E-state index in [1.54, 1.807) is 11.3 Å². The molecule has 3 nitrogen and oxygen atoms in total. The van der Waals surface area contributed by atoms with Gasteiger partial charge in [0, 0.05) is 4.88 Å². The predicted molar refractivity (Wildman–Crippen MR) is 81.9 cm³/mol. The van der Waals surface area contributed by atoms with Crippen molar-refractivity contribution in [3.63, 3.8) is 0 Å². The summed E-state index contributed by atoms with van der Waals surface area (Å²) in [7, 11) is 0. The molecule has 1 aliphatic rings. The van der Waals surface area contributed by atoms with Gasteiger partial charge in [0.05, 0.1) is 12.1 Å². The van der Waals surface area contributed by atoms with Crippen LogP contribution in [0.3, 0.4) is 0 Å². The monoisotopic (exact) mass is 286 g/mol. The SMILES string of the molecule is C[C@H](NC(=O)N[C@H]1CCc2ccccc21)c1cccs1. The van der Waals surface area contributed by atoms with Gasteiger partial charge in [-0.1, -0.05) is 30.3 Å². The Kier molecular flexibility index (Phi) is 3.74. The molecule has 0 bridgehead atoms. The fourth-order valence-electron chi connectivity index (χ4n) is 2.71. The second kappa shape index (κ2) is 5.67. The molecular formula is C16H18N2OS. The quantitative estimate of drug-likeness (QED) is 0.885. The number of amides is 2. The van der Waals surface area contributed by atoms with Gasteiger partial charge in [-0.2, -0.15) is 0 Å². The molecule has 1 aromatic heterocycles. The van der Waals surface area contributed by atoms with E-state index in [0.717, 1.165) is 12.8 Å². The molecule has 2 aromatic rings. The number of urea groups is 1.